The molecular weight excluding hydrogens is 220 g/mol. The molecule has 0 bridgehead atoms. The van der Waals surface area contributed by atoms with Gasteiger partial charge in [0.2, 0.25) is 5.91 Å². The number of amides is 1. The minimum atomic E-state index is -0.537. The van der Waals surface area contributed by atoms with Crippen LogP contribution in [-0.2, 0) is 4.79 Å². The zero-order valence-corrected chi connectivity index (χ0v) is 11.4. The van der Waals surface area contributed by atoms with Crippen LogP contribution >= 0.6 is 11.3 Å². The molecule has 1 aromatic rings. The Kier molecular flexibility index (Phi) is 4.10. The highest BCUT2D eigenvalue weighted by Gasteiger charge is 2.30. The van der Waals surface area contributed by atoms with Crippen molar-refractivity contribution in [2.45, 2.75) is 32.4 Å². The second kappa shape index (κ2) is 4.97. The van der Waals surface area contributed by atoms with E-state index in [4.69, 9.17) is 0 Å². The van der Waals surface area contributed by atoms with Crippen molar-refractivity contribution in [3.8, 4) is 0 Å². The van der Waals surface area contributed by atoms with E-state index in [2.05, 4.69) is 23.7 Å². The van der Waals surface area contributed by atoms with Crippen LogP contribution < -0.4 is 5.32 Å². The second-order valence-corrected chi connectivity index (χ2v) is 5.53. The maximum atomic E-state index is 11.9. The van der Waals surface area contributed by atoms with Crippen molar-refractivity contribution >= 4 is 17.2 Å². The average Bonchev–Trinajstić information content (AvgIpc) is 2.68. The summed E-state index contributed by atoms with van der Waals surface area (Å²) in [6.45, 7) is 5.91. The molecule has 1 unspecified atom stereocenters. The highest BCUT2D eigenvalue weighted by molar-refractivity contribution is 7.07. The lowest BCUT2D eigenvalue weighted by Gasteiger charge is -2.31. The molecule has 0 aliphatic rings. The van der Waals surface area contributed by atoms with Gasteiger partial charge in [-0.3, -0.25) is 10.1 Å². The first-order chi connectivity index (χ1) is 7.34. The summed E-state index contributed by atoms with van der Waals surface area (Å²) in [5, 5.41) is 7.51. The summed E-state index contributed by atoms with van der Waals surface area (Å²) in [6, 6.07) is 2.27. The van der Waals surface area contributed by atoms with E-state index in [9.17, 15) is 4.79 Å². The standard InChI is InChI=1S/C12H20N2OS/c1-9(10-6-7-16-8-10)13-12(2,3)11(15)14(4)5/h6-9,13H,1-5H3. The van der Waals surface area contributed by atoms with E-state index in [1.807, 2.05) is 19.2 Å². The van der Waals surface area contributed by atoms with Crippen molar-refractivity contribution in [3.63, 3.8) is 0 Å². The maximum Gasteiger partial charge on any atom is 0.241 e. The molecule has 0 spiro atoms. The summed E-state index contributed by atoms with van der Waals surface area (Å²) in [7, 11) is 3.56. The lowest BCUT2D eigenvalue weighted by molar-refractivity contribution is -0.134. The third-order valence-corrected chi connectivity index (χ3v) is 3.26. The lowest BCUT2D eigenvalue weighted by atomic mass is 10.0. The van der Waals surface area contributed by atoms with Crippen LogP contribution in [0.25, 0.3) is 0 Å². The first kappa shape index (κ1) is 13.2. The Morgan fingerprint density at radius 1 is 1.50 bits per heavy atom. The van der Waals surface area contributed by atoms with Gasteiger partial charge in [0.1, 0.15) is 0 Å². The number of nitrogens with zero attached hydrogens (tertiary/aromatic N) is 1. The fourth-order valence-electron chi connectivity index (χ4n) is 1.77. The first-order valence-electron chi connectivity index (χ1n) is 5.36. The van der Waals surface area contributed by atoms with Gasteiger partial charge >= 0.3 is 0 Å². The number of carbonyl (C=O) groups is 1. The van der Waals surface area contributed by atoms with E-state index in [0.29, 0.717) is 0 Å². The Labute approximate surface area is 101 Å². The van der Waals surface area contributed by atoms with Crippen LogP contribution in [-0.4, -0.2) is 30.4 Å². The number of rotatable bonds is 4. The van der Waals surface area contributed by atoms with Crippen LogP contribution in [0, 0.1) is 0 Å². The molecule has 1 amide bonds. The number of thiophene rings is 1. The Morgan fingerprint density at radius 2 is 2.12 bits per heavy atom. The predicted molar refractivity (Wildman–Crippen MR) is 68.6 cm³/mol. The molecule has 16 heavy (non-hydrogen) atoms. The third kappa shape index (κ3) is 3.06. The Hall–Kier alpha value is -0.870. The second-order valence-electron chi connectivity index (χ2n) is 4.75. The van der Waals surface area contributed by atoms with Crippen LogP contribution in [0.15, 0.2) is 16.8 Å². The van der Waals surface area contributed by atoms with Gasteiger partial charge in [-0.15, -0.1) is 0 Å². The van der Waals surface area contributed by atoms with Crippen LogP contribution in [0.2, 0.25) is 0 Å². The quantitative estimate of drug-likeness (QED) is 0.875. The van der Waals surface area contributed by atoms with E-state index in [-0.39, 0.29) is 11.9 Å². The molecule has 0 aromatic carbocycles. The number of hydrogen-bond acceptors (Lipinski definition) is 3. The number of hydrogen-bond donors (Lipinski definition) is 1. The minimum absolute atomic E-state index is 0.0922. The van der Waals surface area contributed by atoms with Gasteiger partial charge in [-0.05, 0) is 43.2 Å². The van der Waals surface area contributed by atoms with Gasteiger partial charge in [0.25, 0.3) is 0 Å². The smallest absolute Gasteiger partial charge is 0.241 e. The van der Waals surface area contributed by atoms with Gasteiger partial charge in [-0.1, -0.05) is 0 Å². The molecule has 90 valence electrons. The van der Waals surface area contributed by atoms with E-state index in [1.165, 1.54) is 5.56 Å². The molecule has 1 heterocycles. The van der Waals surface area contributed by atoms with Crippen LogP contribution in [0.4, 0.5) is 0 Å². The Morgan fingerprint density at radius 3 is 2.56 bits per heavy atom. The molecule has 3 nitrogen and oxygen atoms in total. The van der Waals surface area contributed by atoms with E-state index in [1.54, 1.807) is 30.3 Å². The molecule has 0 aliphatic carbocycles. The molecular formula is C12H20N2OS. The number of nitrogens with one attached hydrogen (secondary N) is 1. The molecule has 1 N–H and O–H groups in total. The van der Waals surface area contributed by atoms with Gasteiger partial charge < -0.3 is 4.90 Å². The molecule has 0 saturated carbocycles. The fourth-order valence-corrected chi connectivity index (χ4v) is 2.52. The molecule has 1 atom stereocenters. The minimum Gasteiger partial charge on any atom is -0.347 e. The van der Waals surface area contributed by atoms with Crippen molar-refractivity contribution < 1.29 is 4.79 Å². The van der Waals surface area contributed by atoms with Crippen molar-refractivity contribution in [2.24, 2.45) is 0 Å². The summed E-state index contributed by atoms with van der Waals surface area (Å²) in [5.41, 5.74) is 0.690. The van der Waals surface area contributed by atoms with Crippen molar-refractivity contribution in [1.29, 1.82) is 0 Å². The van der Waals surface area contributed by atoms with Crippen molar-refractivity contribution in [2.75, 3.05) is 14.1 Å². The lowest BCUT2D eigenvalue weighted by Crippen LogP contribution is -2.52. The molecule has 4 heteroatoms. The highest BCUT2D eigenvalue weighted by Crippen LogP contribution is 2.19. The summed E-state index contributed by atoms with van der Waals surface area (Å²) in [6.07, 6.45) is 0. The van der Waals surface area contributed by atoms with Crippen molar-refractivity contribution in [1.82, 2.24) is 10.2 Å². The van der Waals surface area contributed by atoms with Crippen LogP contribution in [0.3, 0.4) is 0 Å². The summed E-state index contributed by atoms with van der Waals surface area (Å²) in [4.78, 5) is 13.6. The van der Waals surface area contributed by atoms with Crippen LogP contribution in [0.5, 0.6) is 0 Å². The predicted octanol–water partition coefficient (Wildman–Crippen LogP) is 2.27. The van der Waals surface area contributed by atoms with Crippen LogP contribution in [0.1, 0.15) is 32.4 Å². The first-order valence-corrected chi connectivity index (χ1v) is 6.30. The molecule has 0 fully saturated rings. The molecule has 1 rings (SSSR count). The highest BCUT2D eigenvalue weighted by atomic mass is 32.1. The van der Waals surface area contributed by atoms with Gasteiger partial charge in [-0.25, -0.2) is 0 Å². The Bertz CT molecular complexity index is 344. The normalized spacial score (nSPS) is 13.6. The molecule has 0 aliphatic heterocycles. The average molecular weight is 240 g/mol. The Balaban J connectivity index is 2.69. The fraction of sp³-hybridized carbons (Fsp3) is 0.583. The van der Waals surface area contributed by atoms with E-state index >= 15 is 0 Å². The number of likely N-dealkylation sites (N-methyl/N-ethyl adjacent to an activating group) is 1. The SMILES string of the molecule is CC(NC(C)(C)C(=O)N(C)C)c1ccsc1. The van der Waals surface area contributed by atoms with E-state index in [0.717, 1.165) is 0 Å². The monoisotopic (exact) mass is 240 g/mol. The summed E-state index contributed by atoms with van der Waals surface area (Å²) >= 11 is 1.67. The zero-order valence-electron chi connectivity index (χ0n) is 10.6. The van der Waals surface area contributed by atoms with Gasteiger partial charge in [0.05, 0.1) is 5.54 Å². The molecule has 1 aromatic heterocycles. The van der Waals surface area contributed by atoms with Gasteiger partial charge in [0.15, 0.2) is 0 Å². The maximum absolute atomic E-state index is 11.9. The van der Waals surface area contributed by atoms with Gasteiger partial charge in [-0.2, -0.15) is 11.3 Å². The van der Waals surface area contributed by atoms with Gasteiger partial charge in [0, 0.05) is 20.1 Å². The topological polar surface area (TPSA) is 32.3 Å². The van der Waals surface area contributed by atoms with Crippen molar-refractivity contribution in [3.05, 3.63) is 22.4 Å². The third-order valence-electron chi connectivity index (χ3n) is 2.56. The summed E-state index contributed by atoms with van der Waals surface area (Å²) < 4.78 is 0. The summed E-state index contributed by atoms with van der Waals surface area (Å²) in [5.74, 6) is 0.0922. The zero-order chi connectivity index (χ0) is 12.3. The number of carbonyl (C=O) groups excluding carboxylic acids is 1. The van der Waals surface area contributed by atoms with E-state index < -0.39 is 5.54 Å². The largest absolute Gasteiger partial charge is 0.347 e. The molecule has 0 saturated heterocycles. The molecule has 0 radical (unpaired) electrons.